The summed E-state index contributed by atoms with van der Waals surface area (Å²) in [5.74, 6) is 2.45. The quantitative estimate of drug-likeness (QED) is 0.315. The van der Waals surface area contributed by atoms with Crippen molar-refractivity contribution in [1.82, 2.24) is 15.0 Å². The summed E-state index contributed by atoms with van der Waals surface area (Å²) in [4.78, 5) is 18.2. The molecule has 5 rings (SSSR count). The molecule has 11 heteroatoms. The zero-order valence-corrected chi connectivity index (χ0v) is 21.5. The van der Waals surface area contributed by atoms with Crippen molar-refractivity contribution in [3.8, 4) is 11.5 Å². The number of halogens is 1. The molecule has 3 heterocycles. The van der Waals surface area contributed by atoms with Crippen LogP contribution in [0.15, 0.2) is 47.6 Å². The van der Waals surface area contributed by atoms with Crippen molar-refractivity contribution in [2.75, 3.05) is 61.2 Å². The first-order valence-corrected chi connectivity index (χ1v) is 13.0. The number of morpholine rings is 1. The van der Waals surface area contributed by atoms with E-state index in [1.54, 1.807) is 30.5 Å². The van der Waals surface area contributed by atoms with E-state index < -0.39 is 0 Å². The number of hydrazone groups is 1. The first kappa shape index (κ1) is 25.7. The van der Waals surface area contributed by atoms with Gasteiger partial charge in [0.15, 0.2) is 11.5 Å². The SMILES string of the molecule is CCOc1cc(/C=N\Nc2nc(N3CCCC3)nc(N3CCOCC3)n2)ccc1OCc1ccccc1F. The summed E-state index contributed by atoms with van der Waals surface area (Å²) in [5, 5.41) is 4.37. The normalized spacial score (nSPS) is 15.7. The lowest BCUT2D eigenvalue weighted by molar-refractivity contribution is 0.122. The van der Waals surface area contributed by atoms with Gasteiger partial charge in [0.05, 0.1) is 26.0 Å². The minimum atomic E-state index is -0.303. The van der Waals surface area contributed by atoms with E-state index in [9.17, 15) is 4.39 Å². The van der Waals surface area contributed by atoms with Gasteiger partial charge >= 0.3 is 0 Å². The summed E-state index contributed by atoms with van der Waals surface area (Å²) in [6, 6.07) is 12.0. The maximum atomic E-state index is 14.0. The first-order chi connectivity index (χ1) is 18.7. The highest BCUT2D eigenvalue weighted by atomic mass is 19.1. The molecule has 0 spiro atoms. The molecule has 200 valence electrons. The Morgan fingerprint density at radius 3 is 2.42 bits per heavy atom. The van der Waals surface area contributed by atoms with Crippen molar-refractivity contribution in [1.29, 1.82) is 0 Å². The third kappa shape index (κ3) is 6.46. The molecule has 38 heavy (non-hydrogen) atoms. The lowest BCUT2D eigenvalue weighted by atomic mass is 10.2. The van der Waals surface area contributed by atoms with E-state index in [0.29, 0.717) is 54.7 Å². The van der Waals surface area contributed by atoms with Crippen LogP contribution in [0.2, 0.25) is 0 Å². The van der Waals surface area contributed by atoms with Crippen molar-refractivity contribution in [2.45, 2.75) is 26.4 Å². The zero-order chi connectivity index (χ0) is 26.2. The van der Waals surface area contributed by atoms with Crippen LogP contribution in [0.3, 0.4) is 0 Å². The molecule has 2 aliphatic heterocycles. The molecular formula is C27H32FN7O3. The van der Waals surface area contributed by atoms with Crippen LogP contribution in [0.1, 0.15) is 30.9 Å². The molecule has 0 aliphatic carbocycles. The molecule has 0 amide bonds. The van der Waals surface area contributed by atoms with Gasteiger partial charge in [-0.15, -0.1) is 0 Å². The van der Waals surface area contributed by atoms with E-state index in [4.69, 9.17) is 19.2 Å². The van der Waals surface area contributed by atoms with Gasteiger partial charge in [0.1, 0.15) is 12.4 Å². The maximum absolute atomic E-state index is 14.0. The molecule has 2 aliphatic rings. The van der Waals surface area contributed by atoms with Gasteiger partial charge < -0.3 is 24.0 Å². The lowest BCUT2D eigenvalue weighted by Gasteiger charge is -2.27. The summed E-state index contributed by atoms with van der Waals surface area (Å²) in [7, 11) is 0. The summed E-state index contributed by atoms with van der Waals surface area (Å²) in [6.45, 7) is 7.09. The summed E-state index contributed by atoms with van der Waals surface area (Å²) in [5.41, 5.74) is 4.24. The van der Waals surface area contributed by atoms with Gasteiger partial charge in [-0.3, -0.25) is 0 Å². The van der Waals surface area contributed by atoms with Crippen molar-refractivity contribution < 1.29 is 18.6 Å². The van der Waals surface area contributed by atoms with E-state index >= 15 is 0 Å². The first-order valence-electron chi connectivity index (χ1n) is 13.0. The second kappa shape index (κ2) is 12.5. The highest BCUT2D eigenvalue weighted by Gasteiger charge is 2.21. The number of aromatic nitrogens is 3. The molecule has 0 atom stereocenters. The van der Waals surface area contributed by atoms with Crippen LogP contribution in [-0.2, 0) is 11.3 Å². The molecule has 2 fully saturated rings. The topological polar surface area (TPSA) is 97.2 Å². The van der Waals surface area contributed by atoms with Crippen LogP contribution in [0.4, 0.5) is 22.2 Å². The molecule has 0 saturated carbocycles. The van der Waals surface area contributed by atoms with Crippen molar-refractivity contribution in [3.63, 3.8) is 0 Å². The van der Waals surface area contributed by atoms with Gasteiger partial charge in [-0.25, -0.2) is 9.82 Å². The van der Waals surface area contributed by atoms with Crippen molar-refractivity contribution in [2.24, 2.45) is 5.10 Å². The Morgan fingerprint density at radius 2 is 1.68 bits per heavy atom. The minimum absolute atomic E-state index is 0.103. The molecular weight excluding hydrogens is 489 g/mol. The van der Waals surface area contributed by atoms with Gasteiger partial charge in [0, 0.05) is 31.7 Å². The predicted octanol–water partition coefficient (Wildman–Crippen LogP) is 3.87. The van der Waals surface area contributed by atoms with Crippen LogP contribution >= 0.6 is 0 Å². The number of nitrogens with zero attached hydrogens (tertiary/aromatic N) is 6. The molecule has 1 N–H and O–H groups in total. The summed E-state index contributed by atoms with van der Waals surface area (Å²) < 4.78 is 31.1. The Labute approximate surface area is 221 Å². The lowest BCUT2D eigenvalue weighted by Crippen LogP contribution is -2.38. The van der Waals surface area contributed by atoms with Gasteiger partial charge in [0.25, 0.3) is 0 Å². The molecule has 2 aromatic carbocycles. The fourth-order valence-corrected chi connectivity index (χ4v) is 4.30. The molecule has 0 unspecified atom stereocenters. The van der Waals surface area contributed by atoms with E-state index in [-0.39, 0.29) is 12.4 Å². The molecule has 0 bridgehead atoms. The number of ether oxygens (including phenoxy) is 3. The fourth-order valence-electron chi connectivity index (χ4n) is 4.30. The molecule has 3 aromatic rings. The van der Waals surface area contributed by atoms with Gasteiger partial charge in [-0.1, -0.05) is 18.2 Å². The summed E-state index contributed by atoms with van der Waals surface area (Å²) in [6.07, 6.45) is 3.92. The van der Waals surface area contributed by atoms with Gasteiger partial charge in [0.2, 0.25) is 17.8 Å². The van der Waals surface area contributed by atoms with E-state index in [2.05, 4.69) is 30.3 Å². The van der Waals surface area contributed by atoms with Crippen LogP contribution in [0.5, 0.6) is 11.5 Å². The van der Waals surface area contributed by atoms with Crippen LogP contribution < -0.4 is 24.7 Å². The number of nitrogens with one attached hydrogen (secondary N) is 1. The molecule has 10 nitrogen and oxygen atoms in total. The second-order valence-corrected chi connectivity index (χ2v) is 8.94. The standard InChI is InChI=1S/C27H32FN7O3/c1-2-37-24-17-20(9-10-23(24)38-19-21-7-3-4-8-22(21)28)18-29-33-25-30-26(34-11-5-6-12-34)32-27(31-25)35-13-15-36-16-14-35/h3-4,7-10,17-18H,2,5-6,11-16,19H2,1H3,(H,30,31,32,33)/b29-18-. The molecule has 1 aromatic heterocycles. The average Bonchev–Trinajstić information content (AvgIpc) is 3.49. The third-order valence-corrected chi connectivity index (χ3v) is 6.28. The second-order valence-electron chi connectivity index (χ2n) is 8.94. The highest BCUT2D eigenvalue weighted by molar-refractivity contribution is 5.81. The monoisotopic (exact) mass is 521 g/mol. The Balaban J connectivity index is 1.30. The van der Waals surface area contributed by atoms with Crippen molar-refractivity contribution in [3.05, 3.63) is 59.4 Å². The predicted molar refractivity (Wildman–Crippen MR) is 144 cm³/mol. The van der Waals surface area contributed by atoms with E-state index in [1.165, 1.54) is 6.07 Å². The number of hydrogen-bond acceptors (Lipinski definition) is 10. The Bertz CT molecular complexity index is 1250. The maximum Gasteiger partial charge on any atom is 0.250 e. The average molecular weight is 522 g/mol. The Morgan fingerprint density at radius 1 is 0.947 bits per heavy atom. The fraction of sp³-hybridized carbons (Fsp3) is 0.407. The van der Waals surface area contributed by atoms with E-state index in [0.717, 1.165) is 44.6 Å². The number of rotatable bonds is 10. The third-order valence-electron chi connectivity index (χ3n) is 6.28. The molecule has 0 radical (unpaired) electrons. The minimum Gasteiger partial charge on any atom is -0.490 e. The van der Waals surface area contributed by atoms with Crippen LogP contribution in [0.25, 0.3) is 0 Å². The number of benzene rings is 2. The Kier molecular flexibility index (Phi) is 8.44. The number of hydrogen-bond donors (Lipinski definition) is 1. The largest absolute Gasteiger partial charge is 0.490 e. The summed E-state index contributed by atoms with van der Waals surface area (Å²) >= 11 is 0. The smallest absolute Gasteiger partial charge is 0.250 e. The Hall–Kier alpha value is -3.99. The molecule has 2 saturated heterocycles. The van der Waals surface area contributed by atoms with Gasteiger partial charge in [-0.05, 0) is 49.6 Å². The number of anilines is 3. The van der Waals surface area contributed by atoms with Crippen molar-refractivity contribution >= 4 is 24.1 Å². The van der Waals surface area contributed by atoms with Gasteiger partial charge in [-0.2, -0.15) is 20.1 Å². The van der Waals surface area contributed by atoms with Crippen LogP contribution in [0, 0.1) is 5.82 Å². The van der Waals surface area contributed by atoms with Crippen LogP contribution in [-0.4, -0.2) is 67.2 Å². The zero-order valence-electron chi connectivity index (χ0n) is 21.5. The van der Waals surface area contributed by atoms with E-state index in [1.807, 2.05) is 19.1 Å². The highest BCUT2D eigenvalue weighted by Crippen LogP contribution is 2.29.